The number of anilines is 1. The van der Waals surface area contributed by atoms with E-state index in [1.54, 1.807) is 6.07 Å². The van der Waals surface area contributed by atoms with E-state index in [0.29, 0.717) is 18.2 Å². The Balaban J connectivity index is 1.28. The number of nitrogens with one attached hydrogen (secondary N) is 3. The Kier molecular flexibility index (Phi) is 5.42. The molecule has 1 spiro atoms. The molecule has 1 saturated heterocycles. The van der Waals surface area contributed by atoms with E-state index in [4.69, 9.17) is 15.0 Å². The molecule has 0 atom stereocenters. The average Bonchev–Trinajstić information content (AvgIpc) is 3.63. The topological polar surface area (TPSA) is 95.8 Å². The highest BCUT2D eigenvalue weighted by Crippen LogP contribution is 2.48. The number of hydrogen-bond acceptors (Lipinski definition) is 6. The molecule has 7 heteroatoms. The summed E-state index contributed by atoms with van der Waals surface area (Å²) < 4.78 is 11.4. The van der Waals surface area contributed by atoms with E-state index in [2.05, 4.69) is 27.6 Å². The van der Waals surface area contributed by atoms with Gasteiger partial charge in [0.05, 0.1) is 19.8 Å². The highest BCUT2D eigenvalue weighted by Gasteiger charge is 2.46. The van der Waals surface area contributed by atoms with Crippen molar-refractivity contribution in [1.29, 1.82) is 5.53 Å². The fraction of sp³-hybridized carbons (Fsp3) is 0.476. The zero-order chi connectivity index (χ0) is 19.4. The standard InChI is InChI=1S/C21H24N4O3/c22-25-18(11-23-12-19-27-13-21(8-9-21)14-28-19)20(26)24-17-3-1-2-16(10-17)7-6-15-4-5-15/h1-3,10-11,15,19,22-23H,4-5,8-9,12-14H2,(H,24,26)/b18-11-,25-22?. The lowest BCUT2D eigenvalue weighted by Crippen LogP contribution is -2.38. The molecular formula is C21H24N4O3. The lowest BCUT2D eigenvalue weighted by atomic mass is 10.1. The van der Waals surface area contributed by atoms with E-state index in [-0.39, 0.29) is 17.4 Å². The second kappa shape index (κ2) is 8.13. The normalized spacial score (nSPS) is 20.8. The number of carbonyl (C=O) groups is 1. The lowest BCUT2D eigenvalue weighted by Gasteiger charge is -2.29. The second-order valence-corrected chi connectivity index (χ2v) is 7.68. The molecule has 4 rings (SSSR count). The monoisotopic (exact) mass is 380 g/mol. The summed E-state index contributed by atoms with van der Waals surface area (Å²) in [5, 5.41) is 9.03. The minimum absolute atomic E-state index is 0.0241. The molecular weight excluding hydrogens is 356 g/mol. The molecule has 28 heavy (non-hydrogen) atoms. The van der Waals surface area contributed by atoms with E-state index >= 15 is 0 Å². The number of rotatable bonds is 6. The fourth-order valence-corrected chi connectivity index (χ4v) is 2.90. The van der Waals surface area contributed by atoms with E-state index in [9.17, 15) is 4.79 Å². The van der Waals surface area contributed by atoms with Gasteiger partial charge in [0.2, 0.25) is 0 Å². The van der Waals surface area contributed by atoms with Gasteiger partial charge >= 0.3 is 0 Å². The van der Waals surface area contributed by atoms with Crippen LogP contribution >= 0.6 is 0 Å². The fourth-order valence-electron chi connectivity index (χ4n) is 2.90. The first-order valence-electron chi connectivity index (χ1n) is 9.63. The van der Waals surface area contributed by atoms with Gasteiger partial charge in [0.1, 0.15) is 0 Å². The van der Waals surface area contributed by atoms with Crippen molar-refractivity contribution in [1.82, 2.24) is 5.32 Å². The Hall–Kier alpha value is -2.69. The van der Waals surface area contributed by atoms with Crippen molar-refractivity contribution in [3.05, 3.63) is 41.7 Å². The number of hydrogen-bond donors (Lipinski definition) is 3. The predicted molar refractivity (Wildman–Crippen MR) is 103 cm³/mol. The van der Waals surface area contributed by atoms with Gasteiger partial charge in [0.15, 0.2) is 12.0 Å². The zero-order valence-corrected chi connectivity index (χ0v) is 15.7. The van der Waals surface area contributed by atoms with Gasteiger partial charge in [0.25, 0.3) is 5.91 Å². The predicted octanol–water partition coefficient (Wildman–Crippen LogP) is 3.00. The molecule has 7 nitrogen and oxygen atoms in total. The zero-order valence-electron chi connectivity index (χ0n) is 15.7. The first-order chi connectivity index (χ1) is 13.7. The van der Waals surface area contributed by atoms with Crippen LogP contribution in [0, 0.1) is 28.7 Å². The summed E-state index contributed by atoms with van der Waals surface area (Å²) in [6.07, 6.45) is 5.75. The van der Waals surface area contributed by atoms with Crippen LogP contribution in [-0.4, -0.2) is 32.0 Å². The molecule has 0 unspecified atom stereocenters. The van der Waals surface area contributed by atoms with Crippen LogP contribution in [0.15, 0.2) is 41.3 Å². The molecule has 146 valence electrons. The molecule has 1 heterocycles. The van der Waals surface area contributed by atoms with Crippen LogP contribution in [0.4, 0.5) is 5.69 Å². The number of amides is 1. The number of carbonyl (C=O) groups excluding carboxylic acids is 1. The van der Waals surface area contributed by atoms with Gasteiger partial charge in [-0.3, -0.25) is 4.79 Å². The Morgan fingerprint density at radius 3 is 2.79 bits per heavy atom. The first-order valence-corrected chi connectivity index (χ1v) is 9.63. The van der Waals surface area contributed by atoms with Gasteiger partial charge in [-0.1, -0.05) is 17.9 Å². The molecule has 1 aliphatic heterocycles. The second-order valence-electron chi connectivity index (χ2n) is 7.68. The largest absolute Gasteiger partial charge is 0.384 e. The van der Waals surface area contributed by atoms with Gasteiger partial charge in [-0.05, 0) is 43.9 Å². The van der Waals surface area contributed by atoms with Crippen molar-refractivity contribution < 1.29 is 14.3 Å². The molecule has 3 aliphatic rings. The van der Waals surface area contributed by atoms with Gasteiger partial charge in [0, 0.05) is 28.8 Å². The third-order valence-electron chi connectivity index (χ3n) is 5.10. The summed E-state index contributed by atoms with van der Waals surface area (Å²) in [5.74, 6) is 6.39. The van der Waals surface area contributed by atoms with Crippen LogP contribution in [0.3, 0.4) is 0 Å². The Labute approximate surface area is 164 Å². The van der Waals surface area contributed by atoms with Gasteiger partial charge < -0.3 is 20.1 Å². The molecule has 0 aromatic heterocycles. The Bertz CT molecular complexity index is 837. The van der Waals surface area contributed by atoms with Crippen LogP contribution in [-0.2, 0) is 14.3 Å². The van der Waals surface area contributed by atoms with Crippen molar-refractivity contribution in [2.24, 2.45) is 16.4 Å². The van der Waals surface area contributed by atoms with Crippen molar-refractivity contribution in [2.75, 3.05) is 25.1 Å². The summed E-state index contributed by atoms with van der Waals surface area (Å²) in [6, 6.07) is 7.36. The summed E-state index contributed by atoms with van der Waals surface area (Å²) in [5.41, 5.74) is 8.98. The molecule has 3 N–H and O–H groups in total. The van der Waals surface area contributed by atoms with E-state index in [1.165, 1.54) is 31.9 Å². The van der Waals surface area contributed by atoms with Crippen LogP contribution in [0.1, 0.15) is 31.2 Å². The van der Waals surface area contributed by atoms with Crippen molar-refractivity contribution >= 4 is 11.6 Å². The van der Waals surface area contributed by atoms with Gasteiger partial charge in [-0.15, -0.1) is 0 Å². The first kappa shape index (κ1) is 18.7. The molecule has 3 fully saturated rings. The maximum atomic E-state index is 12.4. The average molecular weight is 380 g/mol. The molecule has 1 aromatic carbocycles. The maximum Gasteiger partial charge on any atom is 0.277 e. The smallest absolute Gasteiger partial charge is 0.277 e. The summed E-state index contributed by atoms with van der Waals surface area (Å²) in [4.78, 5) is 12.4. The number of nitrogens with zero attached hydrogens (tertiary/aromatic N) is 1. The Morgan fingerprint density at radius 1 is 1.32 bits per heavy atom. The van der Waals surface area contributed by atoms with Crippen LogP contribution in [0.25, 0.3) is 0 Å². The minimum atomic E-state index is -0.461. The van der Waals surface area contributed by atoms with E-state index in [1.807, 2.05) is 18.2 Å². The van der Waals surface area contributed by atoms with Crippen LogP contribution < -0.4 is 10.6 Å². The molecule has 0 bridgehead atoms. The summed E-state index contributed by atoms with van der Waals surface area (Å²) >= 11 is 0. The van der Waals surface area contributed by atoms with Crippen LogP contribution in [0.2, 0.25) is 0 Å². The van der Waals surface area contributed by atoms with Crippen molar-refractivity contribution in [2.45, 2.75) is 32.0 Å². The Morgan fingerprint density at radius 2 is 2.11 bits per heavy atom. The highest BCUT2D eigenvalue weighted by atomic mass is 16.7. The summed E-state index contributed by atoms with van der Waals surface area (Å²) in [7, 11) is 0. The van der Waals surface area contributed by atoms with Crippen LogP contribution in [0.5, 0.6) is 0 Å². The molecule has 0 radical (unpaired) electrons. The van der Waals surface area contributed by atoms with E-state index in [0.717, 1.165) is 18.8 Å². The third-order valence-corrected chi connectivity index (χ3v) is 5.10. The maximum absolute atomic E-state index is 12.4. The highest BCUT2D eigenvalue weighted by molar-refractivity contribution is 6.03. The molecule has 2 aliphatic carbocycles. The third kappa shape index (κ3) is 4.97. The van der Waals surface area contributed by atoms with Crippen molar-refractivity contribution in [3.63, 3.8) is 0 Å². The van der Waals surface area contributed by atoms with Gasteiger partial charge in [-0.25, -0.2) is 5.53 Å². The number of ether oxygens (including phenoxy) is 2. The lowest BCUT2D eigenvalue weighted by molar-refractivity contribution is -0.203. The van der Waals surface area contributed by atoms with Gasteiger partial charge in [-0.2, -0.15) is 5.11 Å². The summed E-state index contributed by atoms with van der Waals surface area (Å²) in [6.45, 7) is 1.84. The minimum Gasteiger partial charge on any atom is -0.384 e. The van der Waals surface area contributed by atoms with E-state index < -0.39 is 5.91 Å². The molecule has 1 aromatic rings. The molecule has 2 saturated carbocycles. The van der Waals surface area contributed by atoms with Crippen molar-refractivity contribution in [3.8, 4) is 11.8 Å². The SMILES string of the molecule is N=N/C(=C\NCC1OCC2(CC2)CO1)C(=O)Nc1cccc(C#CC2CC2)c1. The quantitative estimate of drug-likeness (QED) is 0.402. The number of benzene rings is 1. The molecule has 1 amide bonds.